The molecule has 0 fully saturated rings. The van der Waals surface area contributed by atoms with Gasteiger partial charge in [0.1, 0.15) is 0 Å². The fourth-order valence-corrected chi connectivity index (χ4v) is 2.98. The smallest absolute Gasteiger partial charge is 0.0143 e. The van der Waals surface area contributed by atoms with Gasteiger partial charge in [-0.3, -0.25) is 0 Å². The van der Waals surface area contributed by atoms with Crippen LogP contribution in [-0.2, 0) is 12.8 Å². The molecule has 0 heterocycles. The molecule has 0 radical (unpaired) electrons. The third-order valence-corrected chi connectivity index (χ3v) is 3.76. The predicted molar refractivity (Wildman–Crippen MR) is 87.5 cm³/mol. The summed E-state index contributed by atoms with van der Waals surface area (Å²) in [4.78, 5) is 0. The quantitative estimate of drug-likeness (QED) is 0.658. The standard InChI is InChI=1S/C19H22/c1-5-11-17-14(6-2)15(7-3)18-12-9-10-13-19(18)16(17)8-4/h5-6,9-13H,2,7-8H2,1,3-4H3. The molecule has 2 aromatic carbocycles. The molecule has 0 aliphatic rings. The van der Waals surface area contributed by atoms with E-state index in [4.69, 9.17) is 0 Å². The van der Waals surface area contributed by atoms with Crippen molar-refractivity contribution in [3.05, 3.63) is 59.2 Å². The topological polar surface area (TPSA) is 0 Å². The van der Waals surface area contributed by atoms with E-state index in [0.717, 1.165) is 12.8 Å². The highest BCUT2D eigenvalue weighted by molar-refractivity contribution is 5.95. The molecule has 0 amide bonds. The lowest BCUT2D eigenvalue weighted by atomic mass is 9.86. The molecule has 0 N–H and O–H groups in total. The van der Waals surface area contributed by atoms with Crippen molar-refractivity contribution in [1.82, 2.24) is 0 Å². The molecule has 0 aliphatic heterocycles. The fourth-order valence-electron chi connectivity index (χ4n) is 2.98. The zero-order chi connectivity index (χ0) is 13.8. The predicted octanol–water partition coefficient (Wildman–Crippen LogP) is 5.64. The molecule has 0 aliphatic carbocycles. The first-order valence-electron chi connectivity index (χ1n) is 7.09. The minimum absolute atomic E-state index is 1.04. The molecule has 0 atom stereocenters. The van der Waals surface area contributed by atoms with E-state index in [9.17, 15) is 0 Å². The summed E-state index contributed by atoms with van der Waals surface area (Å²) in [7, 11) is 0. The highest BCUT2D eigenvalue weighted by Gasteiger charge is 2.13. The molecule has 0 saturated carbocycles. The van der Waals surface area contributed by atoms with Crippen LogP contribution in [0.15, 0.2) is 36.9 Å². The van der Waals surface area contributed by atoms with E-state index in [1.54, 1.807) is 0 Å². The molecule has 2 rings (SSSR count). The summed E-state index contributed by atoms with van der Waals surface area (Å²) in [6.45, 7) is 10.6. The number of hydrogen-bond donors (Lipinski definition) is 0. The number of aryl methyl sites for hydroxylation is 2. The Balaban J connectivity index is 3.01. The molecule has 0 unspecified atom stereocenters. The van der Waals surface area contributed by atoms with Crippen molar-refractivity contribution in [3.8, 4) is 0 Å². The lowest BCUT2D eigenvalue weighted by Crippen LogP contribution is -1.99. The monoisotopic (exact) mass is 250 g/mol. The van der Waals surface area contributed by atoms with Gasteiger partial charge in [0.05, 0.1) is 0 Å². The Labute approximate surface area is 116 Å². The van der Waals surface area contributed by atoms with Crippen molar-refractivity contribution < 1.29 is 0 Å². The average molecular weight is 250 g/mol. The second kappa shape index (κ2) is 5.88. The first-order valence-corrected chi connectivity index (χ1v) is 7.09. The normalized spacial score (nSPS) is 11.3. The average Bonchev–Trinajstić information content (AvgIpc) is 2.46. The second-order valence-electron chi connectivity index (χ2n) is 4.74. The van der Waals surface area contributed by atoms with E-state index in [-0.39, 0.29) is 0 Å². The van der Waals surface area contributed by atoms with Crippen molar-refractivity contribution in [3.63, 3.8) is 0 Å². The van der Waals surface area contributed by atoms with Crippen molar-refractivity contribution in [2.45, 2.75) is 33.6 Å². The first-order chi connectivity index (χ1) is 9.28. The van der Waals surface area contributed by atoms with Gasteiger partial charge in [0.25, 0.3) is 0 Å². The Bertz CT molecular complexity index is 630. The van der Waals surface area contributed by atoms with Gasteiger partial charge in [0.2, 0.25) is 0 Å². The molecule has 0 nitrogen and oxygen atoms in total. The van der Waals surface area contributed by atoms with Gasteiger partial charge in [-0.1, -0.05) is 62.9 Å². The van der Waals surface area contributed by atoms with E-state index < -0.39 is 0 Å². The zero-order valence-electron chi connectivity index (χ0n) is 12.2. The maximum Gasteiger partial charge on any atom is -0.0143 e. The van der Waals surface area contributed by atoms with Gasteiger partial charge in [0, 0.05) is 0 Å². The number of fused-ring (bicyclic) bond motifs is 1. The highest BCUT2D eigenvalue weighted by atomic mass is 14.2. The van der Waals surface area contributed by atoms with Crippen LogP contribution in [0.3, 0.4) is 0 Å². The van der Waals surface area contributed by atoms with Crippen molar-refractivity contribution in [2.24, 2.45) is 0 Å². The lowest BCUT2D eigenvalue weighted by Gasteiger charge is -2.18. The van der Waals surface area contributed by atoms with Crippen LogP contribution in [-0.4, -0.2) is 0 Å². The maximum atomic E-state index is 4.03. The summed E-state index contributed by atoms with van der Waals surface area (Å²) in [5.41, 5.74) is 5.49. The van der Waals surface area contributed by atoms with Crippen molar-refractivity contribution >= 4 is 22.9 Å². The molecule has 0 spiro atoms. The van der Waals surface area contributed by atoms with E-state index in [0.29, 0.717) is 0 Å². The van der Waals surface area contributed by atoms with Crippen LogP contribution in [0, 0.1) is 0 Å². The molecular weight excluding hydrogens is 228 g/mol. The largest absolute Gasteiger partial charge is 0.0984 e. The Morgan fingerprint density at radius 3 is 1.89 bits per heavy atom. The summed E-state index contributed by atoms with van der Waals surface area (Å²) in [6, 6.07) is 8.74. The van der Waals surface area contributed by atoms with E-state index >= 15 is 0 Å². The van der Waals surface area contributed by atoms with E-state index in [1.807, 2.05) is 6.08 Å². The highest BCUT2D eigenvalue weighted by Crippen LogP contribution is 2.33. The van der Waals surface area contributed by atoms with Crippen LogP contribution in [0.5, 0.6) is 0 Å². The third-order valence-electron chi connectivity index (χ3n) is 3.76. The molecule has 98 valence electrons. The number of hydrogen-bond acceptors (Lipinski definition) is 0. The van der Waals surface area contributed by atoms with Gasteiger partial charge >= 0.3 is 0 Å². The van der Waals surface area contributed by atoms with Crippen LogP contribution in [0.4, 0.5) is 0 Å². The van der Waals surface area contributed by atoms with Crippen molar-refractivity contribution in [2.75, 3.05) is 0 Å². The van der Waals surface area contributed by atoms with Gasteiger partial charge in [-0.15, -0.1) is 0 Å². The molecule has 0 bridgehead atoms. The van der Waals surface area contributed by atoms with Gasteiger partial charge in [-0.25, -0.2) is 0 Å². The molecule has 19 heavy (non-hydrogen) atoms. The second-order valence-corrected chi connectivity index (χ2v) is 4.74. The SMILES string of the molecule is C=Cc1c(C=CC)c(CC)c2ccccc2c1CC. The van der Waals surface area contributed by atoms with E-state index in [2.05, 4.69) is 63.8 Å². The van der Waals surface area contributed by atoms with Crippen LogP contribution < -0.4 is 0 Å². The Hall–Kier alpha value is -1.82. The minimum atomic E-state index is 1.04. The molecule has 0 saturated heterocycles. The zero-order valence-corrected chi connectivity index (χ0v) is 12.2. The van der Waals surface area contributed by atoms with Crippen LogP contribution in [0.25, 0.3) is 22.9 Å². The van der Waals surface area contributed by atoms with Crippen LogP contribution in [0.2, 0.25) is 0 Å². The fraction of sp³-hybridized carbons (Fsp3) is 0.263. The Kier molecular flexibility index (Phi) is 4.21. The lowest BCUT2D eigenvalue weighted by molar-refractivity contribution is 1.11. The Morgan fingerprint density at radius 2 is 1.47 bits per heavy atom. The van der Waals surface area contributed by atoms with Crippen LogP contribution >= 0.6 is 0 Å². The van der Waals surface area contributed by atoms with Gasteiger partial charge < -0.3 is 0 Å². The molecular formula is C19H22. The van der Waals surface area contributed by atoms with Gasteiger partial charge in [0.15, 0.2) is 0 Å². The summed E-state index contributed by atoms with van der Waals surface area (Å²) < 4.78 is 0. The third kappa shape index (κ3) is 2.23. The van der Waals surface area contributed by atoms with Crippen molar-refractivity contribution in [1.29, 1.82) is 0 Å². The van der Waals surface area contributed by atoms with E-state index in [1.165, 1.54) is 33.0 Å². The van der Waals surface area contributed by atoms with Gasteiger partial charge in [-0.05, 0) is 52.8 Å². The summed E-state index contributed by atoms with van der Waals surface area (Å²) >= 11 is 0. The van der Waals surface area contributed by atoms with Crippen LogP contribution in [0.1, 0.15) is 43.0 Å². The molecule has 0 heteroatoms. The maximum absolute atomic E-state index is 4.03. The number of allylic oxidation sites excluding steroid dienone is 1. The minimum Gasteiger partial charge on any atom is -0.0984 e. The number of rotatable bonds is 4. The molecule has 0 aromatic heterocycles. The van der Waals surface area contributed by atoms with Gasteiger partial charge in [-0.2, -0.15) is 0 Å². The summed E-state index contributed by atoms with van der Waals surface area (Å²) in [6.07, 6.45) is 8.44. The Morgan fingerprint density at radius 1 is 0.947 bits per heavy atom. The first kappa shape index (κ1) is 13.6. The summed E-state index contributed by atoms with van der Waals surface area (Å²) in [5, 5.41) is 2.77. The molecule has 2 aromatic rings. The number of benzene rings is 2. The summed E-state index contributed by atoms with van der Waals surface area (Å²) in [5.74, 6) is 0.